The Morgan fingerprint density at radius 1 is 1.25 bits per heavy atom. The van der Waals surface area contributed by atoms with Crippen LogP contribution < -0.4 is 0 Å². The normalized spacial score (nSPS) is 22.0. The van der Waals surface area contributed by atoms with E-state index in [1.54, 1.807) is 0 Å². The van der Waals surface area contributed by atoms with Crippen LogP contribution in [0.25, 0.3) is 0 Å². The van der Waals surface area contributed by atoms with Crippen molar-refractivity contribution in [3.8, 4) is 0 Å². The van der Waals surface area contributed by atoms with Gasteiger partial charge in [-0.2, -0.15) is 0 Å². The molecule has 1 saturated carbocycles. The Kier molecular flexibility index (Phi) is 2.45. The highest BCUT2D eigenvalue weighted by atomic mass is 14.2. The zero-order valence-electron chi connectivity index (χ0n) is 5.40. The largest absolute Gasteiger partial charge is 0.0884 e. The van der Waals surface area contributed by atoms with Crippen LogP contribution in [0, 0.1) is 5.92 Å². The molecule has 2 radical (unpaired) electrons. The van der Waals surface area contributed by atoms with Crippen LogP contribution in [0.1, 0.15) is 32.1 Å². The van der Waals surface area contributed by atoms with Crippen LogP contribution in [-0.2, 0) is 0 Å². The summed E-state index contributed by atoms with van der Waals surface area (Å²) in [5, 5.41) is 0. The highest BCUT2D eigenvalue weighted by Crippen LogP contribution is 2.27. The lowest BCUT2D eigenvalue weighted by Crippen LogP contribution is -1.90. The number of hydrogen-bond acceptors (Lipinski definition) is 0. The van der Waals surface area contributed by atoms with Crippen molar-refractivity contribution >= 4 is 7.85 Å². The van der Waals surface area contributed by atoms with Crippen LogP contribution in [0.15, 0.2) is 0 Å². The molecule has 1 heteroatoms. The Bertz CT molecular complexity index is 55.4. The minimum absolute atomic E-state index is 0.894. The summed E-state index contributed by atoms with van der Waals surface area (Å²) in [5.74, 6) is 0.986. The van der Waals surface area contributed by atoms with Crippen molar-refractivity contribution in [1.82, 2.24) is 0 Å². The van der Waals surface area contributed by atoms with E-state index in [1.807, 2.05) is 0 Å². The maximum absolute atomic E-state index is 5.41. The van der Waals surface area contributed by atoms with Crippen LogP contribution in [0.3, 0.4) is 0 Å². The molecule has 0 bridgehead atoms. The Morgan fingerprint density at radius 2 is 1.88 bits per heavy atom. The van der Waals surface area contributed by atoms with Gasteiger partial charge in [0, 0.05) is 0 Å². The van der Waals surface area contributed by atoms with E-state index < -0.39 is 0 Å². The molecule has 1 rings (SSSR count). The van der Waals surface area contributed by atoms with Crippen molar-refractivity contribution in [3.63, 3.8) is 0 Å². The lowest BCUT2D eigenvalue weighted by atomic mass is 9.92. The van der Waals surface area contributed by atoms with Crippen molar-refractivity contribution in [1.29, 1.82) is 0 Å². The van der Waals surface area contributed by atoms with Crippen molar-refractivity contribution in [2.75, 3.05) is 0 Å². The van der Waals surface area contributed by atoms with E-state index in [9.17, 15) is 0 Å². The summed E-state index contributed by atoms with van der Waals surface area (Å²) in [7, 11) is 5.41. The van der Waals surface area contributed by atoms with E-state index in [0.717, 1.165) is 12.2 Å². The maximum Gasteiger partial charge on any atom is 0.0653 e. The molecular weight excluding hydrogens is 94.9 g/mol. The summed E-state index contributed by atoms with van der Waals surface area (Å²) < 4.78 is 0. The SMILES string of the molecule is [B]CCC1CCCC1. The lowest BCUT2D eigenvalue weighted by molar-refractivity contribution is 0.530. The molecule has 0 aromatic heterocycles. The van der Waals surface area contributed by atoms with Gasteiger partial charge in [0.25, 0.3) is 0 Å². The molecule has 0 saturated heterocycles. The molecule has 44 valence electrons. The smallest absolute Gasteiger partial charge is 0.0653 e. The van der Waals surface area contributed by atoms with Gasteiger partial charge >= 0.3 is 0 Å². The first-order chi connectivity index (χ1) is 3.93. The van der Waals surface area contributed by atoms with E-state index in [2.05, 4.69) is 0 Å². The summed E-state index contributed by atoms with van der Waals surface area (Å²) in [5.41, 5.74) is 0. The molecule has 0 amide bonds. The molecule has 0 nitrogen and oxygen atoms in total. The predicted octanol–water partition coefficient (Wildman–Crippen LogP) is 2.15. The minimum Gasteiger partial charge on any atom is -0.0884 e. The summed E-state index contributed by atoms with van der Waals surface area (Å²) in [6, 6.07) is 0. The monoisotopic (exact) mass is 108 g/mol. The first-order valence-electron chi connectivity index (χ1n) is 3.63. The highest BCUT2D eigenvalue weighted by molar-refractivity contribution is 6.08. The van der Waals surface area contributed by atoms with Gasteiger partial charge in [-0.3, -0.25) is 0 Å². The highest BCUT2D eigenvalue weighted by Gasteiger charge is 2.12. The van der Waals surface area contributed by atoms with E-state index in [4.69, 9.17) is 7.85 Å². The molecular formula is C7H13B. The number of rotatable bonds is 2. The van der Waals surface area contributed by atoms with Gasteiger partial charge < -0.3 is 0 Å². The Balaban J connectivity index is 2.06. The van der Waals surface area contributed by atoms with E-state index in [0.29, 0.717) is 0 Å². The van der Waals surface area contributed by atoms with Crippen molar-refractivity contribution in [2.24, 2.45) is 5.92 Å². The van der Waals surface area contributed by atoms with Crippen LogP contribution in [0.2, 0.25) is 6.32 Å². The third kappa shape index (κ3) is 1.54. The second-order valence-corrected chi connectivity index (χ2v) is 2.73. The van der Waals surface area contributed by atoms with Gasteiger partial charge in [0.1, 0.15) is 0 Å². The Morgan fingerprint density at radius 3 is 2.38 bits per heavy atom. The quantitative estimate of drug-likeness (QED) is 0.475. The Hall–Kier alpha value is 0.0649. The molecule has 0 aliphatic heterocycles. The third-order valence-corrected chi connectivity index (χ3v) is 2.05. The molecule has 0 atom stereocenters. The third-order valence-electron chi connectivity index (χ3n) is 2.05. The van der Waals surface area contributed by atoms with E-state index in [1.165, 1.54) is 32.1 Å². The van der Waals surface area contributed by atoms with Crippen LogP contribution in [0.5, 0.6) is 0 Å². The van der Waals surface area contributed by atoms with Crippen LogP contribution >= 0.6 is 0 Å². The average Bonchev–Trinajstić information content (AvgIpc) is 2.19. The standard InChI is InChI=1S/C7H13B/c8-6-5-7-3-1-2-4-7/h7H,1-6H2. The molecule has 1 aliphatic carbocycles. The van der Waals surface area contributed by atoms with E-state index >= 15 is 0 Å². The summed E-state index contributed by atoms with van der Waals surface area (Å²) in [4.78, 5) is 0. The first-order valence-corrected chi connectivity index (χ1v) is 3.63. The topological polar surface area (TPSA) is 0 Å². The Labute approximate surface area is 53.1 Å². The van der Waals surface area contributed by atoms with Crippen LogP contribution in [-0.4, -0.2) is 7.85 Å². The van der Waals surface area contributed by atoms with Crippen LogP contribution in [0.4, 0.5) is 0 Å². The second kappa shape index (κ2) is 3.16. The van der Waals surface area contributed by atoms with Crippen molar-refractivity contribution < 1.29 is 0 Å². The molecule has 0 aromatic rings. The minimum atomic E-state index is 0.894. The maximum atomic E-state index is 5.41. The summed E-state index contributed by atoms with van der Waals surface area (Å²) >= 11 is 0. The fraction of sp³-hybridized carbons (Fsp3) is 1.00. The van der Waals surface area contributed by atoms with Gasteiger partial charge in [-0.25, -0.2) is 0 Å². The van der Waals surface area contributed by atoms with Gasteiger partial charge in [0.2, 0.25) is 0 Å². The fourth-order valence-electron chi connectivity index (χ4n) is 1.53. The summed E-state index contributed by atoms with van der Waals surface area (Å²) in [6.45, 7) is 0. The molecule has 0 aromatic carbocycles. The molecule has 8 heavy (non-hydrogen) atoms. The summed E-state index contributed by atoms with van der Waals surface area (Å²) in [6.07, 6.45) is 7.94. The molecule has 0 heterocycles. The predicted molar refractivity (Wildman–Crippen MR) is 37.1 cm³/mol. The molecule has 0 unspecified atom stereocenters. The average molecular weight is 108 g/mol. The van der Waals surface area contributed by atoms with Gasteiger partial charge in [0.15, 0.2) is 0 Å². The molecule has 1 aliphatic rings. The molecule has 0 spiro atoms. The molecule has 0 N–H and O–H groups in total. The zero-order chi connectivity index (χ0) is 5.82. The van der Waals surface area contributed by atoms with Gasteiger partial charge in [-0.15, -0.1) is 0 Å². The number of hydrogen-bond donors (Lipinski definition) is 0. The second-order valence-electron chi connectivity index (χ2n) is 2.73. The van der Waals surface area contributed by atoms with Gasteiger partial charge in [-0.1, -0.05) is 38.4 Å². The molecule has 1 fully saturated rings. The van der Waals surface area contributed by atoms with Gasteiger partial charge in [-0.05, 0) is 5.92 Å². The zero-order valence-corrected chi connectivity index (χ0v) is 5.40. The lowest BCUT2D eigenvalue weighted by Gasteiger charge is -2.03. The van der Waals surface area contributed by atoms with Crippen molar-refractivity contribution in [2.45, 2.75) is 38.4 Å². The van der Waals surface area contributed by atoms with Gasteiger partial charge in [0.05, 0.1) is 7.85 Å². The first kappa shape index (κ1) is 6.19. The fourth-order valence-corrected chi connectivity index (χ4v) is 1.53. The van der Waals surface area contributed by atoms with E-state index in [-0.39, 0.29) is 0 Å². The van der Waals surface area contributed by atoms with Crippen molar-refractivity contribution in [3.05, 3.63) is 0 Å².